The monoisotopic (exact) mass is 368 g/mol. The summed E-state index contributed by atoms with van der Waals surface area (Å²) in [4.78, 5) is 19.8. The molecule has 0 aliphatic carbocycles. The van der Waals surface area contributed by atoms with E-state index in [0.717, 1.165) is 11.3 Å². The average Bonchev–Trinajstić information content (AvgIpc) is 2.92. The topological polar surface area (TPSA) is 83.3 Å². The predicted molar refractivity (Wildman–Crippen MR) is 77.8 cm³/mol. The van der Waals surface area contributed by atoms with Crippen molar-refractivity contribution in [3.8, 4) is 0 Å². The molecule has 0 amide bonds. The van der Waals surface area contributed by atoms with Crippen molar-refractivity contribution in [3.63, 3.8) is 0 Å². The van der Waals surface area contributed by atoms with Crippen molar-refractivity contribution in [1.29, 1.82) is 0 Å². The third-order valence-electron chi connectivity index (χ3n) is 3.16. The lowest BCUT2D eigenvalue weighted by Crippen LogP contribution is -2.51. The molecule has 126 valence electrons. The van der Waals surface area contributed by atoms with E-state index in [9.17, 15) is 22.5 Å². The zero-order valence-corrected chi connectivity index (χ0v) is 13.4. The van der Waals surface area contributed by atoms with Crippen LogP contribution in [0.4, 0.5) is 13.2 Å². The molecular formula is C11H11F3N4O3S2. The molecule has 3 rings (SSSR count). The minimum atomic E-state index is -4.80. The van der Waals surface area contributed by atoms with Gasteiger partial charge in [-0.1, -0.05) is 0 Å². The molecule has 3 heterocycles. The molecule has 0 aromatic carbocycles. The second kappa shape index (κ2) is 5.92. The number of halogens is 3. The fourth-order valence-corrected chi connectivity index (χ4v) is 3.76. The Hall–Kier alpha value is -1.37. The Labute approximate surface area is 134 Å². The van der Waals surface area contributed by atoms with Gasteiger partial charge in [0.05, 0.1) is 26.3 Å². The van der Waals surface area contributed by atoms with Gasteiger partial charge in [0.2, 0.25) is 5.82 Å². The highest BCUT2D eigenvalue weighted by atomic mass is 32.2. The highest BCUT2D eigenvalue weighted by Gasteiger charge is 2.40. The number of rotatable bonds is 2. The van der Waals surface area contributed by atoms with Gasteiger partial charge in [-0.15, -0.1) is 0 Å². The Morgan fingerprint density at radius 1 is 1.30 bits per heavy atom. The van der Waals surface area contributed by atoms with Crippen molar-refractivity contribution in [2.24, 2.45) is 0 Å². The summed E-state index contributed by atoms with van der Waals surface area (Å²) in [5.41, 5.74) is -1.13. The Morgan fingerprint density at radius 2 is 1.96 bits per heavy atom. The number of morpholine rings is 1. The Bertz CT molecular complexity index is 783. The molecule has 0 spiro atoms. The van der Waals surface area contributed by atoms with Crippen LogP contribution in [0.2, 0.25) is 0 Å². The van der Waals surface area contributed by atoms with Gasteiger partial charge in [0.15, 0.2) is 10.3 Å². The van der Waals surface area contributed by atoms with Crippen molar-refractivity contribution in [1.82, 2.24) is 14.6 Å². The van der Waals surface area contributed by atoms with Crippen LogP contribution in [-0.4, -0.2) is 51.8 Å². The Kier molecular flexibility index (Phi) is 4.25. The molecule has 2 aromatic rings. The van der Waals surface area contributed by atoms with Gasteiger partial charge in [-0.2, -0.15) is 22.8 Å². The van der Waals surface area contributed by atoms with Crippen LogP contribution in [0.5, 0.6) is 0 Å². The van der Waals surface area contributed by atoms with Gasteiger partial charge in [0.25, 0.3) is 5.56 Å². The highest BCUT2D eigenvalue weighted by molar-refractivity contribution is 7.92. The molecule has 0 bridgehead atoms. The Morgan fingerprint density at radius 3 is 2.52 bits per heavy atom. The fraction of sp³-hybridized carbons (Fsp3) is 0.545. The summed E-state index contributed by atoms with van der Waals surface area (Å²) in [6, 6.07) is 0. The molecular weight excluding hydrogens is 357 g/mol. The van der Waals surface area contributed by atoms with E-state index < -0.39 is 28.7 Å². The highest BCUT2D eigenvalue weighted by Crippen LogP contribution is 2.30. The number of hydrogen-bond acceptors (Lipinski definition) is 7. The first-order chi connectivity index (χ1) is 10.8. The second-order valence-electron chi connectivity index (χ2n) is 4.70. The third kappa shape index (κ3) is 3.03. The van der Waals surface area contributed by atoms with Crippen LogP contribution in [0.3, 0.4) is 0 Å². The normalized spacial score (nSPS) is 17.7. The van der Waals surface area contributed by atoms with Gasteiger partial charge in [-0.05, 0) is 11.3 Å². The molecule has 0 saturated carbocycles. The summed E-state index contributed by atoms with van der Waals surface area (Å²) in [5, 5.41) is 1.24. The van der Waals surface area contributed by atoms with Crippen molar-refractivity contribution in [3.05, 3.63) is 16.2 Å². The SMILES string of the molecule is C[S+]([O-])c1nc2c(=O)n(N3CCOCC3)c(C(F)(F)F)nc2s1. The molecule has 12 heteroatoms. The molecule has 1 aliphatic heterocycles. The van der Waals surface area contributed by atoms with E-state index in [2.05, 4.69) is 9.97 Å². The molecule has 1 aliphatic rings. The predicted octanol–water partition coefficient (Wildman–Crippen LogP) is 0.577. The van der Waals surface area contributed by atoms with Crippen LogP contribution >= 0.6 is 11.3 Å². The molecule has 1 saturated heterocycles. The zero-order chi connectivity index (χ0) is 16.8. The quantitative estimate of drug-likeness (QED) is 0.721. The van der Waals surface area contributed by atoms with Crippen molar-refractivity contribution in [2.75, 3.05) is 37.6 Å². The second-order valence-corrected chi connectivity index (χ2v) is 7.23. The van der Waals surface area contributed by atoms with Crippen LogP contribution in [0.25, 0.3) is 10.3 Å². The number of thiazole rings is 1. The summed E-state index contributed by atoms with van der Waals surface area (Å²) in [7, 11) is 0. The smallest absolute Gasteiger partial charge is 0.451 e. The number of alkyl halides is 3. The van der Waals surface area contributed by atoms with Crippen molar-refractivity contribution in [2.45, 2.75) is 10.5 Å². The average molecular weight is 368 g/mol. The maximum absolute atomic E-state index is 13.3. The van der Waals surface area contributed by atoms with Gasteiger partial charge >= 0.3 is 10.5 Å². The lowest BCUT2D eigenvalue weighted by atomic mass is 10.4. The maximum Gasteiger partial charge on any atom is 0.451 e. The first kappa shape index (κ1) is 16.5. The van der Waals surface area contributed by atoms with E-state index in [-0.39, 0.29) is 41.0 Å². The molecule has 0 radical (unpaired) electrons. The van der Waals surface area contributed by atoms with Crippen molar-refractivity contribution < 1.29 is 22.5 Å². The number of ether oxygens (including phenoxy) is 1. The van der Waals surface area contributed by atoms with Gasteiger partial charge < -0.3 is 14.3 Å². The number of fused-ring (bicyclic) bond motifs is 1. The van der Waals surface area contributed by atoms with Crippen molar-refractivity contribution >= 4 is 32.9 Å². The minimum Gasteiger partial charge on any atom is -0.610 e. The van der Waals surface area contributed by atoms with Crippen LogP contribution < -0.4 is 10.6 Å². The van der Waals surface area contributed by atoms with E-state index in [4.69, 9.17) is 4.74 Å². The van der Waals surface area contributed by atoms with Crippen LogP contribution in [0, 0.1) is 0 Å². The zero-order valence-electron chi connectivity index (χ0n) is 11.8. The minimum absolute atomic E-state index is 0.0671. The van der Waals surface area contributed by atoms with Crippen LogP contribution in [0.15, 0.2) is 9.13 Å². The lowest BCUT2D eigenvalue weighted by Gasteiger charge is -2.31. The van der Waals surface area contributed by atoms with E-state index in [1.165, 1.54) is 11.3 Å². The van der Waals surface area contributed by atoms with E-state index in [0.29, 0.717) is 4.68 Å². The first-order valence-electron chi connectivity index (χ1n) is 6.46. The summed E-state index contributed by atoms with van der Waals surface area (Å²) in [6.07, 6.45) is -3.47. The summed E-state index contributed by atoms with van der Waals surface area (Å²) < 4.78 is 57.1. The van der Waals surface area contributed by atoms with Gasteiger partial charge in [0, 0.05) is 11.2 Å². The number of nitrogens with zero attached hydrogens (tertiary/aromatic N) is 4. The maximum atomic E-state index is 13.3. The van der Waals surface area contributed by atoms with E-state index in [1.807, 2.05) is 0 Å². The first-order valence-corrected chi connectivity index (χ1v) is 8.83. The van der Waals surface area contributed by atoms with Crippen LogP contribution in [-0.2, 0) is 22.1 Å². The fourth-order valence-electron chi connectivity index (χ4n) is 2.17. The molecule has 1 fully saturated rings. The molecule has 1 atom stereocenters. The largest absolute Gasteiger partial charge is 0.610 e. The standard InChI is InChI=1S/C11H11F3N4O3S2/c1-23(20)10-15-6-7(22-10)16-9(11(12,13)14)18(8(6)19)17-2-4-21-5-3-17/h2-5H2,1H3. The molecule has 2 aromatic heterocycles. The number of hydrogen-bond donors (Lipinski definition) is 0. The van der Waals surface area contributed by atoms with Gasteiger partial charge in [-0.25, -0.2) is 4.98 Å². The van der Waals surface area contributed by atoms with E-state index in [1.54, 1.807) is 0 Å². The molecule has 7 nitrogen and oxygen atoms in total. The summed E-state index contributed by atoms with van der Waals surface area (Å²) in [5.74, 6) is -1.31. The molecule has 23 heavy (non-hydrogen) atoms. The van der Waals surface area contributed by atoms with Gasteiger partial charge in [0.1, 0.15) is 6.26 Å². The van der Waals surface area contributed by atoms with Gasteiger partial charge in [-0.3, -0.25) is 4.79 Å². The lowest BCUT2D eigenvalue weighted by molar-refractivity contribution is -0.148. The molecule has 1 unspecified atom stereocenters. The Balaban J connectivity index is 2.26. The summed E-state index contributed by atoms with van der Waals surface area (Å²) >= 11 is -0.778. The molecule has 0 N–H and O–H groups in total. The summed E-state index contributed by atoms with van der Waals surface area (Å²) in [6.45, 7) is 0.686. The van der Waals surface area contributed by atoms with E-state index >= 15 is 0 Å². The van der Waals surface area contributed by atoms with Crippen LogP contribution in [0.1, 0.15) is 5.82 Å². The third-order valence-corrected chi connectivity index (χ3v) is 5.44. The number of aromatic nitrogens is 3.